The average Bonchev–Trinajstić information content (AvgIpc) is 3.35. The molecule has 0 saturated carbocycles. The maximum atomic E-state index is 11.3. The maximum absolute atomic E-state index is 11.3. The lowest BCUT2D eigenvalue weighted by Crippen LogP contribution is -2.05. The minimum atomic E-state index is -0.238. The van der Waals surface area contributed by atoms with Crippen molar-refractivity contribution in [2.24, 2.45) is 0 Å². The van der Waals surface area contributed by atoms with E-state index in [4.69, 9.17) is 18.9 Å². The normalized spacial score (nSPS) is 14.9. The third-order valence-corrected chi connectivity index (χ3v) is 5.97. The van der Waals surface area contributed by atoms with Gasteiger partial charge in [-0.15, -0.1) is 0 Å². The second-order valence-electron chi connectivity index (χ2n) is 8.42. The van der Waals surface area contributed by atoms with Crippen molar-refractivity contribution in [2.45, 2.75) is 65.4 Å². The second kappa shape index (κ2) is 10.0. The van der Waals surface area contributed by atoms with E-state index in [0.29, 0.717) is 18.9 Å². The molecule has 32 heavy (non-hydrogen) atoms. The first-order chi connectivity index (χ1) is 15.5. The van der Waals surface area contributed by atoms with Crippen LogP contribution in [0.4, 0.5) is 0 Å². The quantitative estimate of drug-likeness (QED) is 0.378. The number of hydrogen-bond acceptors (Lipinski definition) is 5. The molecule has 3 aromatic rings. The van der Waals surface area contributed by atoms with Gasteiger partial charge >= 0.3 is 5.97 Å². The monoisotopic (exact) mass is 433 g/mol. The molecule has 1 heterocycles. The summed E-state index contributed by atoms with van der Waals surface area (Å²) in [5.74, 6) is 2.08. The van der Waals surface area contributed by atoms with Crippen molar-refractivity contribution in [3.05, 3.63) is 70.6 Å². The van der Waals surface area contributed by atoms with Gasteiger partial charge in [-0.1, -0.05) is 31.5 Å². The highest BCUT2D eigenvalue weighted by atomic mass is 16.5. The molecule has 1 unspecified atom stereocenters. The molecule has 2 aromatic carbocycles. The Kier molecular flexibility index (Phi) is 6.93. The van der Waals surface area contributed by atoms with Gasteiger partial charge < -0.3 is 13.9 Å². The lowest BCUT2D eigenvalue weighted by molar-refractivity contribution is -0.146. The topological polar surface area (TPSA) is 61.6 Å². The van der Waals surface area contributed by atoms with E-state index >= 15 is 0 Å². The number of carbonyl (C=O) groups excluding carboxylic acids is 1. The van der Waals surface area contributed by atoms with Gasteiger partial charge in [0, 0.05) is 18.9 Å². The van der Waals surface area contributed by atoms with Crippen molar-refractivity contribution in [1.29, 1.82) is 0 Å². The number of aromatic nitrogens is 1. The van der Waals surface area contributed by atoms with Gasteiger partial charge in [0.1, 0.15) is 17.6 Å². The fourth-order valence-corrected chi connectivity index (χ4v) is 4.21. The molecule has 1 aliphatic carbocycles. The molecule has 0 radical (unpaired) electrons. The second-order valence-corrected chi connectivity index (χ2v) is 8.42. The summed E-state index contributed by atoms with van der Waals surface area (Å²) in [6.07, 6.45) is 5.79. The molecule has 1 aliphatic rings. The fraction of sp³-hybridized carbons (Fsp3) is 0.407. The number of unbranched alkanes of at least 4 members (excludes halogenated alkanes) is 1. The molecule has 168 valence electrons. The van der Waals surface area contributed by atoms with Crippen molar-refractivity contribution in [3.63, 3.8) is 0 Å². The number of esters is 1. The van der Waals surface area contributed by atoms with E-state index in [-0.39, 0.29) is 12.1 Å². The maximum Gasteiger partial charge on any atom is 0.303 e. The van der Waals surface area contributed by atoms with Gasteiger partial charge in [-0.05, 0) is 73.6 Å². The number of rotatable bonds is 9. The zero-order chi connectivity index (χ0) is 22.5. The van der Waals surface area contributed by atoms with Crippen LogP contribution in [0.25, 0.3) is 11.5 Å². The van der Waals surface area contributed by atoms with E-state index in [1.165, 1.54) is 30.9 Å². The van der Waals surface area contributed by atoms with Gasteiger partial charge in [0.05, 0.1) is 12.3 Å². The summed E-state index contributed by atoms with van der Waals surface area (Å²) in [4.78, 5) is 16.0. The summed E-state index contributed by atoms with van der Waals surface area (Å²) in [6, 6.07) is 14.5. The standard InChI is InChI=1S/C27H31NO4/c1-4-5-6-20-7-9-21(10-8-20)27-28-25(18(2)31-27)15-16-30-23-12-13-24-22(17-23)11-14-26(24)32-19(3)29/h7-10,12-13,17,26H,4-6,11,14-16H2,1-3H3. The third kappa shape index (κ3) is 5.21. The van der Waals surface area contributed by atoms with E-state index in [1.807, 2.05) is 19.1 Å². The smallest absolute Gasteiger partial charge is 0.303 e. The minimum Gasteiger partial charge on any atom is -0.493 e. The first-order valence-electron chi connectivity index (χ1n) is 11.5. The Hall–Kier alpha value is -3.08. The Morgan fingerprint density at radius 2 is 1.97 bits per heavy atom. The summed E-state index contributed by atoms with van der Waals surface area (Å²) in [6.45, 7) is 6.14. The van der Waals surface area contributed by atoms with Crippen molar-refractivity contribution >= 4 is 5.97 Å². The highest BCUT2D eigenvalue weighted by molar-refractivity contribution is 5.66. The zero-order valence-corrected chi connectivity index (χ0v) is 19.1. The van der Waals surface area contributed by atoms with Crippen LogP contribution in [0, 0.1) is 6.92 Å². The van der Waals surface area contributed by atoms with E-state index in [2.05, 4.69) is 37.3 Å². The van der Waals surface area contributed by atoms with Crippen LogP contribution in [0.3, 0.4) is 0 Å². The molecular formula is C27H31NO4. The number of ether oxygens (including phenoxy) is 2. The Balaban J connectivity index is 1.34. The van der Waals surface area contributed by atoms with Crippen LogP contribution in [-0.4, -0.2) is 17.6 Å². The summed E-state index contributed by atoms with van der Waals surface area (Å²) in [7, 11) is 0. The number of oxazole rings is 1. The lowest BCUT2D eigenvalue weighted by Gasteiger charge is -2.12. The first-order valence-corrected chi connectivity index (χ1v) is 11.5. The molecule has 0 N–H and O–H groups in total. The predicted octanol–water partition coefficient (Wildman–Crippen LogP) is 6.16. The van der Waals surface area contributed by atoms with Crippen molar-refractivity contribution in [2.75, 3.05) is 6.61 Å². The van der Waals surface area contributed by atoms with Gasteiger partial charge in [-0.25, -0.2) is 4.98 Å². The van der Waals surface area contributed by atoms with Crippen LogP contribution in [0.1, 0.15) is 67.4 Å². The number of aryl methyl sites for hydroxylation is 3. The SMILES string of the molecule is CCCCc1ccc(-c2nc(CCOc3ccc4c(c3)CCC4OC(C)=O)c(C)o2)cc1. The minimum absolute atomic E-state index is 0.131. The molecule has 0 saturated heterocycles. The van der Waals surface area contributed by atoms with Crippen LogP contribution in [0.2, 0.25) is 0 Å². The molecule has 4 rings (SSSR count). The van der Waals surface area contributed by atoms with Crippen LogP contribution in [0.5, 0.6) is 5.75 Å². The molecule has 1 atom stereocenters. The Bertz CT molecular complexity index is 1070. The van der Waals surface area contributed by atoms with Crippen molar-refractivity contribution in [3.8, 4) is 17.2 Å². The first kappa shape index (κ1) is 22.1. The Labute approximate surface area is 189 Å². The number of benzene rings is 2. The largest absolute Gasteiger partial charge is 0.493 e. The van der Waals surface area contributed by atoms with Gasteiger partial charge in [0.15, 0.2) is 0 Å². The highest BCUT2D eigenvalue weighted by Gasteiger charge is 2.25. The van der Waals surface area contributed by atoms with Crippen LogP contribution < -0.4 is 4.74 Å². The van der Waals surface area contributed by atoms with Crippen LogP contribution in [0.15, 0.2) is 46.9 Å². The number of nitrogens with zero attached hydrogens (tertiary/aromatic N) is 1. The fourth-order valence-electron chi connectivity index (χ4n) is 4.21. The summed E-state index contributed by atoms with van der Waals surface area (Å²) >= 11 is 0. The third-order valence-electron chi connectivity index (χ3n) is 5.97. The molecule has 0 amide bonds. The van der Waals surface area contributed by atoms with Gasteiger partial charge in [0.25, 0.3) is 0 Å². The summed E-state index contributed by atoms with van der Waals surface area (Å²) in [5.41, 5.74) is 5.55. The van der Waals surface area contributed by atoms with Crippen molar-refractivity contribution < 1.29 is 18.7 Å². The van der Waals surface area contributed by atoms with Gasteiger partial charge in [-0.2, -0.15) is 0 Å². The lowest BCUT2D eigenvalue weighted by atomic mass is 10.1. The number of fused-ring (bicyclic) bond motifs is 1. The molecule has 5 heteroatoms. The number of carbonyl (C=O) groups is 1. The summed E-state index contributed by atoms with van der Waals surface area (Å²) in [5, 5.41) is 0. The molecular weight excluding hydrogens is 402 g/mol. The summed E-state index contributed by atoms with van der Waals surface area (Å²) < 4.78 is 17.3. The zero-order valence-electron chi connectivity index (χ0n) is 19.1. The average molecular weight is 434 g/mol. The van der Waals surface area contributed by atoms with Crippen LogP contribution in [-0.2, 0) is 28.8 Å². The van der Waals surface area contributed by atoms with Crippen LogP contribution >= 0.6 is 0 Å². The Morgan fingerprint density at radius 3 is 2.72 bits per heavy atom. The van der Waals surface area contributed by atoms with E-state index < -0.39 is 0 Å². The predicted molar refractivity (Wildman–Crippen MR) is 124 cm³/mol. The van der Waals surface area contributed by atoms with E-state index in [1.54, 1.807) is 0 Å². The molecule has 0 aliphatic heterocycles. The van der Waals surface area contributed by atoms with Crippen molar-refractivity contribution in [1.82, 2.24) is 4.98 Å². The Morgan fingerprint density at radius 1 is 1.16 bits per heavy atom. The molecule has 1 aromatic heterocycles. The molecule has 5 nitrogen and oxygen atoms in total. The molecule has 0 bridgehead atoms. The molecule has 0 spiro atoms. The van der Waals surface area contributed by atoms with Gasteiger partial charge in [-0.3, -0.25) is 4.79 Å². The highest BCUT2D eigenvalue weighted by Crippen LogP contribution is 2.36. The molecule has 0 fully saturated rings. The van der Waals surface area contributed by atoms with E-state index in [9.17, 15) is 4.79 Å². The number of hydrogen-bond donors (Lipinski definition) is 0. The van der Waals surface area contributed by atoms with E-state index in [0.717, 1.165) is 47.6 Å². The van der Waals surface area contributed by atoms with Gasteiger partial charge in [0.2, 0.25) is 5.89 Å².